The number of carboxylic acid groups (broad SMARTS) is 1. The van der Waals surface area contributed by atoms with Gasteiger partial charge in [-0.1, -0.05) is 0 Å². The number of rotatable bonds is 9. The highest BCUT2D eigenvalue weighted by molar-refractivity contribution is 5.81. The number of nitrogens with one attached hydrogen (secondary N) is 1. The van der Waals surface area contributed by atoms with Crippen LogP contribution in [0.3, 0.4) is 0 Å². The van der Waals surface area contributed by atoms with Crippen molar-refractivity contribution in [2.45, 2.75) is 25.8 Å². The third-order valence-electron chi connectivity index (χ3n) is 2.60. The second-order valence-electron chi connectivity index (χ2n) is 4.34. The maximum atomic E-state index is 11.9. The first-order valence-electron chi connectivity index (χ1n) is 6.54. The Morgan fingerprint density at radius 2 is 2.05 bits per heavy atom. The number of nitrogens with zero attached hydrogens (tertiary/aromatic N) is 1. The third-order valence-corrected chi connectivity index (χ3v) is 2.60. The van der Waals surface area contributed by atoms with E-state index in [1.54, 1.807) is 6.92 Å². The van der Waals surface area contributed by atoms with Crippen LogP contribution in [0.5, 0.6) is 0 Å². The summed E-state index contributed by atoms with van der Waals surface area (Å²) >= 11 is 0. The van der Waals surface area contributed by atoms with Gasteiger partial charge < -0.3 is 24.8 Å². The summed E-state index contributed by atoms with van der Waals surface area (Å²) in [6.45, 7) is 1.82. The van der Waals surface area contributed by atoms with Crippen molar-refractivity contribution < 1.29 is 29.0 Å². The Labute approximate surface area is 117 Å². The Balaban J connectivity index is 2.26. The van der Waals surface area contributed by atoms with Gasteiger partial charge >= 0.3 is 18.0 Å². The SMILES string of the molecule is CCOC(=O)CN(C(=O)NCCOCC(=O)O)C1CC1. The zero-order valence-electron chi connectivity index (χ0n) is 11.5. The van der Waals surface area contributed by atoms with Gasteiger partial charge in [0.05, 0.1) is 13.2 Å². The monoisotopic (exact) mass is 288 g/mol. The van der Waals surface area contributed by atoms with Crippen LogP contribution in [0.15, 0.2) is 0 Å². The minimum absolute atomic E-state index is 0.0691. The van der Waals surface area contributed by atoms with E-state index in [9.17, 15) is 14.4 Å². The van der Waals surface area contributed by atoms with Gasteiger partial charge in [0.2, 0.25) is 0 Å². The first-order valence-corrected chi connectivity index (χ1v) is 6.54. The van der Waals surface area contributed by atoms with Gasteiger partial charge in [-0.3, -0.25) is 4.79 Å². The summed E-state index contributed by atoms with van der Waals surface area (Å²) in [7, 11) is 0. The number of urea groups is 1. The number of hydrogen-bond donors (Lipinski definition) is 2. The van der Waals surface area contributed by atoms with Crippen LogP contribution in [0.2, 0.25) is 0 Å². The number of carbonyl (C=O) groups is 3. The van der Waals surface area contributed by atoms with E-state index in [1.807, 2.05) is 0 Å². The molecule has 0 aromatic heterocycles. The Bertz CT molecular complexity index is 356. The van der Waals surface area contributed by atoms with E-state index >= 15 is 0 Å². The molecule has 0 heterocycles. The topological polar surface area (TPSA) is 105 Å². The molecule has 20 heavy (non-hydrogen) atoms. The van der Waals surface area contributed by atoms with E-state index in [0.29, 0.717) is 0 Å². The fourth-order valence-electron chi connectivity index (χ4n) is 1.59. The molecular weight excluding hydrogens is 268 g/mol. The van der Waals surface area contributed by atoms with Crippen molar-refractivity contribution >= 4 is 18.0 Å². The molecule has 2 amide bonds. The zero-order valence-corrected chi connectivity index (χ0v) is 11.5. The maximum absolute atomic E-state index is 11.9. The molecule has 0 spiro atoms. The van der Waals surface area contributed by atoms with Gasteiger partial charge in [-0.15, -0.1) is 0 Å². The van der Waals surface area contributed by atoms with Crippen molar-refractivity contribution in [2.24, 2.45) is 0 Å². The molecule has 1 aliphatic rings. The summed E-state index contributed by atoms with van der Waals surface area (Å²) in [5.74, 6) is -1.49. The summed E-state index contributed by atoms with van der Waals surface area (Å²) in [5.41, 5.74) is 0. The molecule has 8 nitrogen and oxygen atoms in total. The Kier molecular flexibility index (Phi) is 6.78. The summed E-state index contributed by atoms with van der Waals surface area (Å²) < 4.78 is 9.62. The van der Waals surface area contributed by atoms with E-state index in [4.69, 9.17) is 14.6 Å². The number of carbonyl (C=O) groups excluding carboxylic acids is 2. The summed E-state index contributed by atoms with van der Waals surface area (Å²) in [6.07, 6.45) is 1.75. The lowest BCUT2D eigenvalue weighted by Crippen LogP contribution is -2.45. The molecule has 1 rings (SSSR count). The normalized spacial score (nSPS) is 13.7. The number of esters is 1. The van der Waals surface area contributed by atoms with Crippen molar-refractivity contribution in [3.05, 3.63) is 0 Å². The first kappa shape index (κ1) is 16.2. The summed E-state index contributed by atoms with van der Waals surface area (Å²) in [5, 5.41) is 11.0. The largest absolute Gasteiger partial charge is 0.480 e. The highest BCUT2D eigenvalue weighted by Crippen LogP contribution is 2.26. The zero-order chi connectivity index (χ0) is 15.0. The van der Waals surface area contributed by atoms with Crippen LogP contribution in [0, 0.1) is 0 Å². The van der Waals surface area contributed by atoms with E-state index < -0.39 is 18.5 Å². The smallest absolute Gasteiger partial charge is 0.329 e. The fraction of sp³-hybridized carbons (Fsp3) is 0.750. The average Bonchev–Trinajstić information content (AvgIpc) is 3.19. The van der Waals surface area contributed by atoms with Crippen molar-refractivity contribution in [1.82, 2.24) is 10.2 Å². The Hall–Kier alpha value is -1.83. The molecule has 0 aromatic rings. The number of ether oxygens (including phenoxy) is 2. The highest BCUT2D eigenvalue weighted by atomic mass is 16.5. The number of aliphatic carboxylic acids is 1. The quantitative estimate of drug-likeness (QED) is 0.450. The standard InChI is InChI=1S/C12H20N2O6/c1-2-20-11(17)7-14(9-3-4-9)12(18)13-5-6-19-8-10(15)16/h9H,2-8H2,1H3,(H,13,18)(H,15,16). The first-order chi connectivity index (χ1) is 9.54. The van der Waals surface area contributed by atoms with Crippen LogP contribution in [0.1, 0.15) is 19.8 Å². The molecule has 114 valence electrons. The van der Waals surface area contributed by atoms with Crippen molar-refractivity contribution in [2.75, 3.05) is 32.9 Å². The number of amides is 2. The van der Waals surface area contributed by atoms with Crippen LogP contribution in [-0.2, 0) is 19.1 Å². The molecule has 1 saturated carbocycles. The predicted molar refractivity (Wildman–Crippen MR) is 68.2 cm³/mol. The molecule has 0 bridgehead atoms. The van der Waals surface area contributed by atoms with Crippen LogP contribution >= 0.6 is 0 Å². The number of hydrogen-bond acceptors (Lipinski definition) is 5. The molecule has 0 aliphatic heterocycles. The Morgan fingerprint density at radius 3 is 2.60 bits per heavy atom. The minimum Gasteiger partial charge on any atom is -0.480 e. The second-order valence-corrected chi connectivity index (χ2v) is 4.34. The third kappa shape index (κ3) is 6.37. The van der Waals surface area contributed by atoms with Crippen LogP contribution in [0.25, 0.3) is 0 Å². The van der Waals surface area contributed by atoms with Gasteiger partial charge in [0.25, 0.3) is 0 Å². The summed E-state index contributed by atoms with van der Waals surface area (Å²) in [4.78, 5) is 35.0. The highest BCUT2D eigenvalue weighted by Gasteiger charge is 2.34. The van der Waals surface area contributed by atoms with Crippen molar-refractivity contribution in [3.63, 3.8) is 0 Å². The van der Waals surface area contributed by atoms with Crippen molar-refractivity contribution in [1.29, 1.82) is 0 Å². The van der Waals surface area contributed by atoms with Crippen molar-refractivity contribution in [3.8, 4) is 0 Å². The number of carboxylic acids is 1. The van der Waals surface area contributed by atoms with Crippen LogP contribution in [0.4, 0.5) is 4.79 Å². The van der Waals surface area contributed by atoms with Gasteiger partial charge in [-0.25, -0.2) is 9.59 Å². The second kappa shape index (κ2) is 8.36. The lowest BCUT2D eigenvalue weighted by molar-refractivity contribution is -0.144. The average molecular weight is 288 g/mol. The van der Waals surface area contributed by atoms with Gasteiger partial charge in [0.1, 0.15) is 13.2 Å². The summed E-state index contributed by atoms with van der Waals surface area (Å²) in [6, 6.07) is -0.279. The minimum atomic E-state index is -1.06. The molecule has 0 unspecified atom stereocenters. The molecule has 0 atom stereocenters. The molecule has 0 saturated heterocycles. The molecule has 0 aromatic carbocycles. The van der Waals surface area contributed by atoms with E-state index in [0.717, 1.165) is 12.8 Å². The van der Waals surface area contributed by atoms with E-state index in [2.05, 4.69) is 5.32 Å². The lowest BCUT2D eigenvalue weighted by Gasteiger charge is -2.21. The van der Waals surface area contributed by atoms with E-state index in [1.165, 1.54) is 4.90 Å². The maximum Gasteiger partial charge on any atom is 0.329 e. The van der Waals surface area contributed by atoms with Gasteiger partial charge in [-0.2, -0.15) is 0 Å². The fourth-order valence-corrected chi connectivity index (χ4v) is 1.59. The van der Waals surface area contributed by atoms with Gasteiger partial charge in [0.15, 0.2) is 0 Å². The van der Waals surface area contributed by atoms with Gasteiger partial charge in [-0.05, 0) is 19.8 Å². The molecule has 0 radical (unpaired) electrons. The predicted octanol–water partition coefficient (Wildman–Crippen LogP) is -0.175. The molecular formula is C12H20N2O6. The lowest BCUT2D eigenvalue weighted by atomic mass is 10.5. The molecule has 2 N–H and O–H groups in total. The van der Waals surface area contributed by atoms with Gasteiger partial charge in [0, 0.05) is 12.6 Å². The van der Waals surface area contributed by atoms with Crippen LogP contribution in [-0.4, -0.2) is 66.9 Å². The molecule has 8 heteroatoms. The molecule has 1 aliphatic carbocycles. The van der Waals surface area contributed by atoms with E-state index in [-0.39, 0.29) is 38.4 Å². The Morgan fingerprint density at radius 1 is 1.35 bits per heavy atom. The van der Waals surface area contributed by atoms with Crippen LogP contribution < -0.4 is 5.32 Å². The molecule has 1 fully saturated rings.